The van der Waals surface area contributed by atoms with Gasteiger partial charge in [0.1, 0.15) is 5.52 Å². The van der Waals surface area contributed by atoms with E-state index in [1.165, 1.54) is 6.20 Å². The fourth-order valence-electron chi connectivity index (χ4n) is 0.961. The first kappa shape index (κ1) is 6.79. The number of pyridine rings is 1. The fraction of sp³-hybridized carbons (Fsp3) is 0. The highest BCUT2D eigenvalue weighted by atomic mass is 79.9. The molecule has 0 atom stereocenters. The quantitative estimate of drug-likeness (QED) is 0.718. The van der Waals surface area contributed by atoms with Gasteiger partial charge in [-0.2, -0.15) is 0 Å². The van der Waals surface area contributed by atoms with Gasteiger partial charge in [0, 0.05) is 16.9 Å². The minimum atomic E-state index is -0.318. The molecule has 0 radical (unpaired) electrons. The molecule has 56 valence electrons. The molecular formula is C7H4BrFN2. The maximum atomic E-state index is 12.8. The zero-order chi connectivity index (χ0) is 7.84. The maximum absolute atomic E-state index is 12.8. The third kappa shape index (κ3) is 0.939. The number of nitrogens with zero attached hydrogens (tertiary/aromatic N) is 1. The summed E-state index contributed by atoms with van der Waals surface area (Å²) in [5.74, 6) is -0.318. The Bertz CT molecular complexity index is 396. The molecular weight excluding hydrogens is 211 g/mol. The Balaban J connectivity index is 2.94. The molecule has 2 aromatic heterocycles. The van der Waals surface area contributed by atoms with Gasteiger partial charge >= 0.3 is 0 Å². The second-order valence-corrected chi connectivity index (χ2v) is 3.01. The van der Waals surface area contributed by atoms with Crippen molar-refractivity contribution in [2.45, 2.75) is 0 Å². The number of nitrogens with one attached hydrogen (secondary N) is 1. The summed E-state index contributed by atoms with van der Waals surface area (Å²) >= 11 is 3.27. The van der Waals surface area contributed by atoms with Crippen LogP contribution in [0.4, 0.5) is 4.39 Å². The largest absolute Gasteiger partial charge is 0.356 e. The summed E-state index contributed by atoms with van der Waals surface area (Å²) in [4.78, 5) is 6.64. The van der Waals surface area contributed by atoms with Crippen LogP contribution in [-0.2, 0) is 0 Å². The van der Waals surface area contributed by atoms with E-state index in [2.05, 4.69) is 25.9 Å². The Hall–Kier alpha value is -0.900. The molecule has 2 nitrogen and oxygen atoms in total. The molecule has 2 rings (SSSR count). The van der Waals surface area contributed by atoms with Crippen molar-refractivity contribution in [1.82, 2.24) is 9.97 Å². The number of rotatable bonds is 0. The number of hydrogen-bond acceptors (Lipinski definition) is 1. The lowest BCUT2D eigenvalue weighted by molar-refractivity contribution is 0.636. The number of aromatic amines is 1. The van der Waals surface area contributed by atoms with Crippen molar-refractivity contribution in [2.75, 3.05) is 0 Å². The second-order valence-electron chi connectivity index (χ2n) is 2.15. The van der Waals surface area contributed by atoms with E-state index in [0.717, 1.165) is 4.47 Å². The Labute approximate surface area is 70.6 Å². The molecule has 0 unspecified atom stereocenters. The normalized spacial score (nSPS) is 10.7. The summed E-state index contributed by atoms with van der Waals surface area (Å²) in [6, 6.07) is 1.76. The lowest BCUT2D eigenvalue weighted by atomic mass is 10.4. The zero-order valence-electron chi connectivity index (χ0n) is 5.44. The molecule has 0 amide bonds. The topological polar surface area (TPSA) is 28.7 Å². The average molecular weight is 215 g/mol. The van der Waals surface area contributed by atoms with Crippen LogP contribution in [0.2, 0.25) is 0 Å². The van der Waals surface area contributed by atoms with E-state index in [4.69, 9.17) is 0 Å². The van der Waals surface area contributed by atoms with Crippen LogP contribution < -0.4 is 0 Å². The van der Waals surface area contributed by atoms with Crippen molar-refractivity contribution >= 4 is 27.0 Å². The van der Waals surface area contributed by atoms with Gasteiger partial charge in [0.05, 0.1) is 5.52 Å². The number of fused-ring (bicyclic) bond motifs is 1. The van der Waals surface area contributed by atoms with Crippen LogP contribution in [0.25, 0.3) is 11.0 Å². The Morgan fingerprint density at radius 3 is 3.09 bits per heavy atom. The molecule has 11 heavy (non-hydrogen) atoms. The van der Waals surface area contributed by atoms with Crippen LogP contribution in [0.5, 0.6) is 0 Å². The third-order valence-electron chi connectivity index (χ3n) is 1.47. The summed E-state index contributed by atoms with van der Waals surface area (Å²) in [5, 5.41) is 0. The first-order chi connectivity index (χ1) is 5.29. The van der Waals surface area contributed by atoms with E-state index in [0.29, 0.717) is 11.0 Å². The summed E-state index contributed by atoms with van der Waals surface area (Å²) in [6.07, 6.45) is 2.85. The molecule has 0 aliphatic carbocycles. The fourth-order valence-corrected chi connectivity index (χ4v) is 1.38. The van der Waals surface area contributed by atoms with E-state index in [1.54, 1.807) is 12.3 Å². The number of H-pyrrole nitrogens is 1. The summed E-state index contributed by atoms with van der Waals surface area (Å²) in [5.41, 5.74) is 1.07. The zero-order valence-corrected chi connectivity index (χ0v) is 7.02. The molecule has 2 aromatic rings. The molecule has 0 aliphatic rings. The Kier molecular flexibility index (Phi) is 1.42. The van der Waals surface area contributed by atoms with Crippen LogP contribution in [0.1, 0.15) is 0 Å². The van der Waals surface area contributed by atoms with Gasteiger partial charge in [0.15, 0.2) is 5.82 Å². The summed E-state index contributed by atoms with van der Waals surface area (Å²) in [7, 11) is 0. The highest BCUT2D eigenvalue weighted by molar-refractivity contribution is 9.10. The van der Waals surface area contributed by atoms with Crippen LogP contribution in [0, 0.1) is 5.82 Å². The van der Waals surface area contributed by atoms with Gasteiger partial charge < -0.3 is 4.98 Å². The van der Waals surface area contributed by atoms with Gasteiger partial charge in [-0.05, 0) is 22.0 Å². The predicted molar refractivity (Wildman–Crippen MR) is 43.8 cm³/mol. The number of hydrogen-bond donors (Lipinski definition) is 1. The van der Waals surface area contributed by atoms with Gasteiger partial charge in [-0.25, -0.2) is 4.39 Å². The van der Waals surface area contributed by atoms with Gasteiger partial charge in [-0.15, -0.1) is 0 Å². The van der Waals surface area contributed by atoms with E-state index in [1.807, 2.05) is 0 Å². The standard InChI is InChI=1S/C7H4BrFN2/c8-4-1-2-10-7-5(9)3-11-6(4)7/h1-3,11H. The second kappa shape index (κ2) is 2.30. The minimum Gasteiger partial charge on any atom is -0.356 e. The van der Waals surface area contributed by atoms with Gasteiger partial charge in [0.2, 0.25) is 0 Å². The van der Waals surface area contributed by atoms with Crippen molar-refractivity contribution in [2.24, 2.45) is 0 Å². The van der Waals surface area contributed by atoms with E-state index in [9.17, 15) is 4.39 Å². The Morgan fingerprint density at radius 2 is 2.36 bits per heavy atom. The molecule has 0 aromatic carbocycles. The van der Waals surface area contributed by atoms with Crippen LogP contribution in [0.15, 0.2) is 22.9 Å². The molecule has 0 saturated heterocycles. The molecule has 2 heterocycles. The summed E-state index contributed by atoms with van der Waals surface area (Å²) in [6.45, 7) is 0. The molecule has 0 aliphatic heterocycles. The summed E-state index contributed by atoms with van der Waals surface area (Å²) < 4.78 is 13.6. The molecule has 4 heteroatoms. The van der Waals surface area contributed by atoms with Crippen molar-refractivity contribution in [1.29, 1.82) is 0 Å². The monoisotopic (exact) mass is 214 g/mol. The third-order valence-corrected chi connectivity index (χ3v) is 2.13. The lowest BCUT2D eigenvalue weighted by Gasteiger charge is -1.90. The minimum absolute atomic E-state index is 0.318. The van der Waals surface area contributed by atoms with Crippen molar-refractivity contribution < 1.29 is 4.39 Å². The van der Waals surface area contributed by atoms with Gasteiger partial charge in [-0.1, -0.05) is 0 Å². The van der Waals surface area contributed by atoms with Crippen molar-refractivity contribution in [3.63, 3.8) is 0 Å². The van der Waals surface area contributed by atoms with Crippen LogP contribution >= 0.6 is 15.9 Å². The van der Waals surface area contributed by atoms with E-state index in [-0.39, 0.29) is 5.82 Å². The van der Waals surface area contributed by atoms with Crippen molar-refractivity contribution in [3.05, 3.63) is 28.7 Å². The average Bonchev–Trinajstić information content (AvgIpc) is 2.35. The van der Waals surface area contributed by atoms with Crippen LogP contribution in [0.3, 0.4) is 0 Å². The van der Waals surface area contributed by atoms with Gasteiger partial charge in [0.25, 0.3) is 0 Å². The first-order valence-corrected chi connectivity index (χ1v) is 3.85. The van der Waals surface area contributed by atoms with Crippen molar-refractivity contribution in [3.8, 4) is 0 Å². The van der Waals surface area contributed by atoms with Crippen LogP contribution in [-0.4, -0.2) is 9.97 Å². The highest BCUT2D eigenvalue weighted by Gasteiger charge is 2.05. The molecule has 1 N–H and O–H groups in total. The van der Waals surface area contributed by atoms with E-state index < -0.39 is 0 Å². The SMILES string of the molecule is Fc1c[nH]c2c(Br)ccnc12. The predicted octanol–water partition coefficient (Wildman–Crippen LogP) is 2.46. The van der Waals surface area contributed by atoms with E-state index >= 15 is 0 Å². The smallest absolute Gasteiger partial charge is 0.166 e. The Morgan fingerprint density at radius 1 is 1.55 bits per heavy atom. The molecule has 0 spiro atoms. The highest BCUT2D eigenvalue weighted by Crippen LogP contribution is 2.21. The molecule has 0 bridgehead atoms. The molecule has 0 fully saturated rings. The number of aromatic nitrogens is 2. The first-order valence-electron chi connectivity index (χ1n) is 3.06. The lowest BCUT2D eigenvalue weighted by Crippen LogP contribution is -1.76. The molecule has 0 saturated carbocycles. The number of halogens is 2. The maximum Gasteiger partial charge on any atom is 0.166 e. The van der Waals surface area contributed by atoms with Gasteiger partial charge in [-0.3, -0.25) is 4.98 Å².